The van der Waals surface area contributed by atoms with Gasteiger partial charge in [0.05, 0.1) is 23.1 Å². The minimum atomic E-state index is -0.315. The summed E-state index contributed by atoms with van der Waals surface area (Å²) in [5.41, 5.74) is 1.95. The molecule has 7 heteroatoms. The number of amides is 2. The zero-order chi connectivity index (χ0) is 18.0. The van der Waals surface area contributed by atoms with E-state index in [9.17, 15) is 14.0 Å². The molecule has 3 rings (SSSR count). The van der Waals surface area contributed by atoms with Gasteiger partial charge in [0, 0.05) is 33.1 Å². The van der Waals surface area contributed by atoms with Gasteiger partial charge in [0.25, 0.3) is 5.91 Å². The lowest BCUT2D eigenvalue weighted by atomic mass is 10.2. The van der Waals surface area contributed by atoms with Crippen molar-refractivity contribution in [1.82, 2.24) is 19.6 Å². The maximum absolute atomic E-state index is 13.1. The zero-order valence-electron chi connectivity index (χ0n) is 14.4. The Kier molecular flexibility index (Phi) is 4.83. The predicted octanol–water partition coefficient (Wildman–Crippen LogP) is 2.01. The van der Waals surface area contributed by atoms with E-state index < -0.39 is 0 Å². The number of aromatic nitrogens is 2. The second-order valence-corrected chi connectivity index (χ2v) is 6.18. The van der Waals surface area contributed by atoms with E-state index in [0.29, 0.717) is 43.1 Å². The third-order valence-corrected chi connectivity index (χ3v) is 4.54. The topological polar surface area (TPSA) is 58.4 Å². The summed E-state index contributed by atoms with van der Waals surface area (Å²) in [4.78, 5) is 27.9. The smallest absolute Gasteiger partial charge is 0.257 e. The first-order chi connectivity index (χ1) is 12.0. The summed E-state index contributed by atoms with van der Waals surface area (Å²) in [6, 6.07) is 5.98. The van der Waals surface area contributed by atoms with Crippen molar-refractivity contribution in [2.75, 3.05) is 26.2 Å². The van der Waals surface area contributed by atoms with Gasteiger partial charge in [-0.15, -0.1) is 0 Å². The summed E-state index contributed by atoms with van der Waals surface area (Å²) in [5, 5.41) is 4.28. The zero-order valence-corrected chi connectivity index (χ0v) is 14.4. The molecule has 132 valence electrons. The molecule has 2 heterocycles. The first-order valence-corrected chi connectivity index (χ1v) is 8.32. The second kappa shape index (κ2) is 7.04. The normalized spacial score (nSPS) is 15.2. The van der Waals surface area contributed by atoms with Crippen LogP contribution < -0.4 is 0 Å². The van der Waals surface area contributed by atoms with Crippen LogP contribution in [0.2, 0.25) is 0 Å². The molecule has 6 nitrogen and oxygen atoms in total. The van der Waals surface area contributed by atoms with E-state index in [1.165, 1.54) is 12.1 Å². The minimum absolute atomic E-state index is 0.0367. The van der Waals surface area contributed by atoms with Crippen molar-refractivity contribution >= 4 is 11.8 Å². The predicted molar refractivity (Wildman–Crippen MR) is 91.0 cm³/mol. The number of hydrogen-bond donors (Lipinski definition) is 0. The van der Waals surface area contributed by atoms with E-state index in [0.717, 1.165) is 6.42 Å². The van der Waals surface area contributed by atoms with Gasteiger partial charge in [-0.3, -0.25) is 9.59 Å². The number of carbonyl (C=O) groups is 2. The highest BCUT2D eigenvalue weighted by atomic mass is 19.1. The monoisotopic (exact) mass is 344 g/mol. The number of benzene rings is 1. The van der Waals surface area contributed by atoms with Crippen LogP contribution >= 0.6 is 0 Å². The Hall–Kier alpha value is -2.70. The van der Waals surface area contributed by atoms with Crippen LogP contribution in [0.3, 0.4) is 0 Å². The van der Waals surface area contributed by atoms with Gasteiger partial charge >= 0.3 is 0 Å². The van der Waals surface area contributed by atoms with Crippen LogP contribution in [0.4, 0.5) is 4.39 Å². The van der Waals surface area contributed by atoms with Gasteiger partial charge in [0.15, 0.2) is 0 Å². The average Bonchev–Trinajstić information content (AvgIpc) is 2.82. The van der Waals surface area contributed by atoms with Crippen molar-refractivity contribution in [3.8, 4) is 5.69 Å². The molecule has 0 atom stereocenters. The van der Waals surface area contributed by atoms with Gasteiger partial charge in [-0.1, -0.05) is 0 Å². The van der Waals surface area contributed by atoms with Crippen molar-refractivity contribution < 1.29 is 14.0 Å². The molecule has 0 saturated carbocycles. The van der Waals surface area contributed by atoms with E-state index >= 15 is 0 Å². The minimum Gasteiger partial charge on any atom is -0.341 e. The Balaban J connectivity index is 1.79. The molecule has 1 fully saturated rings. The summed E-state index contributed by atoms with van der Waals surface area (Å²) in [7, 11) is 0. The van der Waals surface area contributed by atoms with Gasteiger partial charge < -0.3 is 9.80 Å². The highest BCUT2D eigenvalue weighted by Gasteiger charge is 2.24. The van der Waals surface area contributed by atoms with Crippen LogP contribution in [0.25, 0.3) is 5.69 Å². The van der Waals surface area contributed by atoms with Crippen LogP contribution in [0.5, 0.6) is 0 Å². The lowest BCUT2D eigenvalue weighted by Gasteiger charge is -2.21. The summed E-state index contributed by atoms with van der Waals surface area (Å²) in [6.45, 7) is 5.72. The maximum Gasteiger partial charge on any atom is 0.257 e. The van der Waals surface area contributed by atoms with E-state index in [2.05, 4.69) is 5.10 Å². The van der Waals surface area contributed by atoms with E-state index in [1.54, 1.807) is 39.7 Å². The Labute approximate surface area is 145 Å². The Morgan fingerprint density at radius 2 is 1.68 bits per heavy atom. The van der Waals surface area contributed by atoms with E-state index in [4.69, 9.17) is 0 Å². The molecule has 0 aliphatic carbocycles. The largest absolute Gasteiger partial charge is 0.341 e. The lowest BCUT2D eigenvalue weighted by Crippen LogP contribution is -2.36. The lowest BCUT2D eigenvalue weighted by molar-refractivity contribution is -0.128. The number of carbonyl (C=O) groups excluding carboxylic acids is 2. The number of nitrogens with zero attached hydrogens (tertiary/aromatic N) is 4. The third-order valence-electron chi connectivity index (χ3n) is 4.54. The van der Waals surface area contributed by atoms with Crippen molar-refractivity contribution in [2.24, 2.45) is 0 Å². The summed E-state index contributed by atoms with van der Waals surface area (Å²) in [6.07, 6.45) is 2.31. The van der Waals surface area contributed by atoms with Gasteiger partial charge in [-0.25, -0.2) is 9.07 Å². The van der Waals surface area contributed by atoms with E-state index in [1.807, 2.05) is 6.92 Å². The molecule has 0 radical (unpaired) electrons. The van der Waals surface area contributed by atoms with Crippen molar-refractivity contribution in [1.29, 1.82) is 0 Å². The molecule has 2 aromatic rings. The molecular weight excluding hydrogens is 323 g/mol. The molecule has 1 saturated heterocycles. The third kappa shape index (κ3) is 3.55. The first kappa shape index (κ1) is 17.1. The van der Waals surface area contributed by atoms with Crippen molar-refractivity contribution in [2.45, 2.75) is 20.3 Å². The summed E-state index contributed by atoms with van der Waals surface area (Å²) < 4.78 is 14.7. The molecule has 0 unspecified atom stereocenters. The van der Waals surface area contributed by atoms with Gasteiger partial charge in [-0.05, 0) is 37.6 Å². The summed E-state index contributed by atoms with van der Waals surface area (Å²) in [5.74, 6) is -0.365. The number of halogens is 1. The fraction of sp³-hybridized carbons (Fsp3) is 0.389. The SMILES string of the molecule is CC(=O)N1CCCN(C(=O)c2cnn(-c3ccc(F)cc3)c2C)CC1. The van der Waals surface area contributed by atoms with Crippen molar-refractivity contribution in [3.05, 3.63) is 47.5 Å². The Morgan fingerprint density at radius 1 is 1.04 bits per heavy atom. The number of hydrogen-bond acceptors (Lipinski definition) is 3. The molecule has 1 aliphatic rings. The second-order valence-electron chi connectivity index (χ2n) is 6.18. The highest BCUT2D eigenvalue weighted by Crippen LogP contribution is 2.17. The first-order valence-electron chi connectivity index (χ1n) is 8.32. The molecule has 1 aromatic carbocycles. The molecule has 0 bridgehead atoms. The fourth-order valence-corrected chi connectivity index (χ4v) is 3.07. The molecule has 25 heavy (non-hydrogen) atoms. The summed E-state index contributed by atoms with van der Waals surface area (Å²) >= 11 is 0. The van der Waals surface area contributed by atoms with Gasteiger partial charge in [-0.2, -0.15) is 5.10 Å². The van der Waals surface area contributed by atoms with Gasteiger partial charge in [0.1, 0.15) is 5.82 Å². The van der Waals surface area contributed by atoms with Crippen LogP contribution in [-0.2, 0) is 4.79 Å². The number of rotatable bonds is 2. The van der Waals surface area contributed by atoms with Crippen LogP contribution in [0, 0.1) is 12.7 Å². The van der Waals surface area contributed by atoms with Crippen LogP contribution in [0.15, 0.2) is 30.5 Å². The fourth-order valence-electron chi connectivity index (χ4n) is 3.07. The maximum atomic E-state index is 13.1. The molecule has 2 amide bonds. The molecule has 1 aliphatic heterocycles. The van der Waals surface area contributed by atoms with Gasteiger partial charge in [0.2, 0.25) is 5.91 Å². The van der Waals surface area contributed by atoms with Crippen LogP contribution in [0.1, 0.15) is 29.4 Å². The van der Waals surface area contributed by atoms with E-state index in [-0.39, 0.29) is 17.6 Å². The van der Waals surface area contributed by atoms with Crippen molar-refractivity contribution in [3.63, 3.8) is 0 Å². The molecule has 1 aromatic heterocycles. The average molecular weight is 344 g/mol. The quantitative estimate of drug-likeness (QED) is 0.837. The standard InChI is InChI=1S/C18H21FN4O2/c1-13-17(12-20-23(13)16-6-4-15(19)5-7-16)18(25)22-9-3-8-21(10-11-22)14(2)24/h4-7,12H,3,8-11H2,1-2H3. The molecular formula is C18H21FN4O2. The molecule has 0 spiro atoms. The van der Waals surface area contributed by atoms with Crippen LogP contribution in [-0.4, -0.2) is 57.6 Å². The Morgan fingerprint density at radius 3 is 2.36 bits per heavy atom. The molecule has 0 N–H and O–H groups in total. The highest BCUT2D eigenvalue weighted by molar-refractivity contribution is 5.95. The Bertz CT molecular complexity index is 785.